The molecule has 0 aliphatic carbocycles. The molecule has 0 saturated carbocycles. The molecule has 0 aliphatic rings. The van der Waals surface area contributed by atoms with Crippen LogP contribution in [0.2, 0.25) is 0 Å². The lowest BCUT2D eigenvalue weighted by Gasteiger charge is -2.15. The summed E-state index contributed by atoms with van der Waals surface area (Å²) in [6.07, 6.45) is 0.545. The van der Waals surface area contributed by atoms with Crippen molar-refractivity contribution in [2.45, 2.75) is 30.7 Å². The number of benzene rings is 1. The van der Waals surface area contributed by atoms with Gasteiger partial charge in [-0.15, -0.1) is 0 Å². The van der Waals surface area contributed by atoms with Crippen molar-refractivity contribution < 1.29 is 17.9 Å². The van der Waals surface area contributed by atoms with E-state index in [2.05, 4.69) is 9.46 Å². The molecule has 1 aromatic carbocycles. The molecule has 0 saturated heterocycles. The van der Waals surface area contributed by atoms with E-state index >= 15 is 0 Å². The first-order valence-corrected chi connectivity index (χ1v) is 7.51. The summed E-state index contributed by atoms with van der Waals surface area (Å²) in [4.78, 5) is 11.4. The van der Waals surface area contributed by atoms with Crippen molar-refractivity contribution in [2.75, 3.05) is 7.11 Å². The fourth-order valence-corrected chi connectivity index (χ4v) is 3.16. The Labute approximate surface area is 118 Å². The van der Waals surface area contributed by atoms with E-state index in [-0.39, 0.29) is 16.9 Å². The van der Waals surface area contributed by atoms with Crippen molar-refractivity contribution in [1.82, 2.24) is 4.72 Å². The molecule has 1 atom stereocenters. The zero-order chi connectivity index (χ0) is 15.2. The van der Waals surface area contributed by atoms with Crippen LogP contribution in [0, 0.1) is 11.3 Å². The monoisotopic (exact) mass is 296 g/mol. The third-order valence-corrected chi connectivity index (χ3v) is 4.31. The van der Waals surface area contributed by atoms with Gasteiger partial charge < -0.3 is 4.74 Å². The Morgan fingerprint density at radius 1 is 1.45 bits per heavy atom. The first-order chi connectivity index (χ1) is 9.46. The Kier molecular flexibility index (Phi) is 5.67. The highest BCUT2D eigenvalue weighted by molar-refractivity contribution is 7.89. The maximum Gasteiger partial charge on any atom is 0.339 e. The number of nitrogens with one attached hydrogen (secondary N) is 1. The molecule has 1 aromatic rings. The molecule has 0 aromatic heterocycles. The number of nitriles is 1. The van der Waals surface area contributed by atoms with Gasteiger partial charge in [0.15, 0.2) is 0 Å². The molecule has 1 rings (SSSR count). The normalized spacial score (nSPS) is 12.4. The lowest BCUT2D eigenvalue weighted by molar-refractivity contribution is 0.0596. The van der Waals surface area contributed by atoms with Gasteiger partial charge in [0, 0.05) is 6.04 Å². The number of nitrogens with zero attached hydrogens (tertiary/aromatic N) is 1. The molecule has 7 heteroatoms. The molecule has 1 N–H and O–H groups in total. The zero-order valence-corrected chi connectivity index (χ0v) is 12.1. The van der Waals surface area contributed by atoms with Crippen molar-refractivity contribution in [3.8, 4) is 6.07 Å². The summed E-state index contributed by atoms with van der Waals surface area (Å²) in [6, 6.07) is 7.21. The van der Waals surface area contributed by atoms with Crippen LogP contribution in [-0.2, 0) is 14.8 Å². The lowest BCUT2D eigenvalue weighted by atomic mass is 10.2. The van der Waals surface area contributed by atoms with Gasteiger partial charge in [-0.05, 0) is 18.6 Å². The molecule has 0 heterocycles. The van der Waals surface area contributed by atoms with Crippen LogP contribution in [-0.4, -0.2) is 27.5 Å². The minimum atomic E-state index is -3.88. The Morgan fingerprint density at radius 2 is 2.10 bits per heavy atom. The molecule has 20 heavy (non-hydrogen) atoms. The summed E-state index contributed by atoms with van der Waals surface area (Å²) in [7, 11) is -2.70. The van der Waals surface area contributed by atoms with E-state index in [0.717, 1.165) is 0 Å². The van der Waals surface area contributed by atoms with E-state index in [0.29, 0.717) is 6.42 Å². The van der Waals surface area contributed by atoms with Crippen molar-refractivity contribution in [3.63, 3.8) is 0 Å². The van der Waals surface area contributed by atoms with Crippen molar-refractivity contribution in [1.29, 1.82) is 5.26 Å². The summed E-state index contributed by atoms with van der Waals surface area (Å²) in [5.74, 6) is -0.723. The summed E-state index contributed by atoms with van der Waals surface area (Å²) < 4.78 is 31.6. The van der Waals surface area contributed by atoms with Crippen molar-refractivity contribution in [3.05, 3.63) is 29.8 Å². The Bertz CT molecular complexity index is 620. The second kappa shape index (κ2) is 7.03. The molecule has 0 amide bonds. The highest BCUT2D eigenvalue weighted by atomic mass is 32.2. The number of sulfonamides is 1. The molecule has 0 fully saturated rings. The predicted octanol–water partition coefficient (Wildman–Crippen LogP) is 1.44. The largest absolute Gasteiger partial charge is 0.465 e. The Balaban J connectivity index is 3.16. The van der Waals surface area contributed by atoms with Gasteiger partial charge in [-0.3, -0.25) is 0 Å². The van der Waals surface area contributed by atoms with Gasteiger partial charge in [0.2, 0.25) is 10.0 Å². The van der Waals surface area contributed by atoms with Gasteiger partial charge in [0.1, 0.15) is 0 Å². The van der Waals surface area contributed by atoms with Crippen molar-refractivity contribution >= 4 is 16.0 Å². The van der Waals surface area contributed by atoms with Gasteiger partial charge in [-0.25, -0.2) is 17.9 Å². The molecule has 1 unspecified atom stereocenters. The van der Waals surface area contributed by atoms with Crippen LogP contribution < -0.4 is 4.72 Å². The van der Waals surface area contributed by atoms with Gasteiger partial charge in [-0.2, -0.15) is 5.26 Å². The molecule has 0 radical (unpaired) electrons. The first-order valence-electron chi connectivity index (χ1n) is 6.02. The van der Waals surface area contributed by atoms with E-state index in [1.165, 1.54) is 25.3 Å². The van der Waals surface area contributed by atoms with Crippen molar-refractivity contribution in [2.24, 2.45) is 0 Å². The van der Waals surface area contributed by atoms with Crippen LogP contribution in [0.4, 0.5) is 0 Å². The SMILES string of the molecule is CCC(CC#N)NS(=O)(=O)c1ccccc1C(=O)OC. The van der Waals surface area contributed by atoms with Gasteiger partial charge in [-0.1, -0.05) is 19.1 Å². The Morgan fingerprint density at radius 3 is 2.65 bits per heavy atom. The number of carbonyl (C=O) groups excluding carboxylic acids is 1. The van der Waals surface area contributed by atoms with Gasteiger partial charge in [0.05, 0.1) is 30.1 Å². The topological polar surface area (TPSA) is 96.3 Å². The smallest absolute Gasteiger partial charge is 0.339 e. The molecule has 6 nitrogen and oxygen atoms in total. The average molecular weight is 296 g/mol. The number of esters is 1. The number of rotatable bonds is 6. The fourth-order valence-electron chi connectivity index (χ4n) is 1.64. The van der Waals surface area contributed by atoms with E-state index in [9.17, 15) is 13.2 Å². The summed E-state index contributed by atoms with van der Waals surface area (Å²) in [6.45, 7) is 1.77. The van der Waals surface area contributed by atoms with E-state index in [1.807, 2.05) is 6.07 Å². The number of ether oxygens (including phenoxy) is 1. The summed E-state index contributed by atoms with van der Waals surface area (Å²) >= 11 is 0. The average Bonchev–Trinajstić information content (AvgIpc) is 2.45. The van der Waals surface area contributed by atoms with Crippen LogP contribution in [0.25, 0.3) is 0 Å². The second-order valence-electron chi connectivity index (χ2n) is 4.08. The minimum absolute atomic E-state index is 0.0330. The van der Waals surface area contributed by atoms with Crippen LogP contribution in [0.3, 0.4) is 0 Å². The summed E-state index contributed by atoms with van der Waals surface area (Å²) in [5.41, 5.74) is -0.0330. The Hall–Kier alpha value is -1.91. The van der Waals surface area contributed by atoms with Gasteiger partial charge in [0.25, 0.3) is 0 Å². The fraction of sp³-hybridized carbons (Fsp3) is 0.385. The molecule has 0 aliphatic heterocycles. The number of hydrogen-bond donors (Lipinski definition) is 1. The third-order valence-electron chi connectivity index (χ3n) is 2.73. The molecule has 0 spiro atoms. The molecule has 0 bridgehead atoms. The zero-order valence-electron chi connectivity index (χ0n) is 11.3. The minimum Gasteiger partial charge on any atom is -0.465 e. The van der Waals surface area contributed by atoms with E-state index < -0.39 is 22.0 Å². The predicted molar refractivity (Wildman–Crippen MR) is 72.4 cm³/mol. The van der Waals surface area contributed by atoms with Crippen LogP contribution in [0.5, 0.6) is 0 Å². The third kappa shape index (κ3) is 3.79. The quantitative estimate of drug-likeness (QED) is 0.801. The number of hydrogen-bond acceptors (Lipinski definition) is 5. The van der Waals surface area contributed by atoms with Crippen LogP contribution in [0.15, 0.2) is 29.2 Å². The maximum atomic E-state index is 12.3. The van der Waals surface area contributed by atoms with Crippen LogP contribution >= 0.6 is 0 Å². The number of carbonyl (C=O) groups is 1. The molecule has 108 valence electrons. The summed E-state index contributed by atoms with van der Waals surface area (Å²) in [5, 5.41) is 8.66. The van der Waals surface area contributed by atoms with Crippen LogP contribution in [0.1, 0.15) is 30.1 Å². The lowest BCUT2D eigenvalue weighted by Crippen LogP contribution is -2.35. The maximum absolute atomic E-state index is 12.3. The van der Waals surface area contributed by atoms with E-state index in [1.54, 1.807) is 13.0 Å². The second-order valence-corrected chi connectivity index (χ2v) is 5.76. The van der Waals surface area contributed by atoms with E-state index in [4.69, 9.17) is 5.26 Å². The first kappa shape index (κ1) is 16.1. The highest BCUT2D eigenvalue weighted by Gasteiger charge is 2.24. The molecular weight excluding hydrogens is 280 g/mol. The molecular formula is C13H16N2O4S. The highest BCUT2D eigenvalue weighted by Crippen LogP contribution is 2.17. The van der Waals surface area contributed by atoms with Gasteiger partial charge >= 0.3 is 5.97 Å². The standard InChI is InChI=1S/C13H16N2O4S/c1-3-10(8-9-14)15-20(17,18)12-7-5-4-6-11(12)13(16)19-2/h4-7,10,15H,3,8H2,1-2H3. The number of methoxy groups -OCH3 is 1.